The normalized spacial score (nSPS) is 12.1. The Morgan fingerprint density at radius 2 is 1.62 bits per heavy atom. The van der Waals surface area contributed by atoms with Crippen molar-refractivity contribution in [2.45, 2.75) is 13.0 Å². The van der Waals surface area contributed by atoms with Crippen LogP contribution in [-0.4, -0.2) is 23.0 Å². The van der Waals surface area contributed by atoms with Crippen LogP contribution >= 0.6 is 23.2 Å². The highest BCUT2D eigenvalue weighted by Gasteiger charge is 2.22. The number of aromatic amines is 1. The maximum Gasteiger partial charge on any atom is 0.322 e. The number of amides is 2. The number of carbonyl (C=O) groups is 1. The number of hydrogen-bond acceptors (Lipinski definition) is 2. The Morgan fingerprint density at radius 1 is 1.07 bits per heavy atom. The van der Waals surface area contributed by atoms with Crippen molar-refractivity contribution in [2.75, 3.05) is 12.4 Å². The summed E-state index contributed by atoms with van der Waals surface area (Å²) in [7, 11) is 1.46. The van der Waals surface area contributed by atoms with E-state index in [2.05, 4.69) is 10.3 Å². The summed E-state index contributed by atoms with van der Waals surface area (Å²) in [5, 5.41) is 2.14. The van der Waals surface area contributed by atoms with Crippen molar-refractivity contribution in [3.05, 3.63) is 73.9 Å². The number of pyridine rings is 1. The highest BCUT2D eigenvalue weighted by molar-refractivity contribution is 6.35. The van der Waals surface area contributed by atoms with Crippen molar-refractivity contribution in [3.63, 3.8) is 0 Å². The second-order valence-electron chi connectivity index (χ2n) is 6.36. The number of aromatic nitrogens is 1. The van der Waals surface area contributed by atoms with Gasteiger partial charge in [-0.3, -0.25) is 4.79 Å². The molecule has 0 fully saturated rings. The molecule has 1 heterocycles. The van der Waals surface area contributed by atoms with Gasteiger partial charge in [-0.15, -0.1) is 0 Å². The highest BCUT2D eigenvalue weighted by Crippen LogP contribution is 2.29. The zero-order chi connectivity index (χ0) is 21.5. The lowest BCUT2D eigenvalue weighted by Crippen LogP contribution is -2.34. The largest absolute Gasteiger partial charge is 0.328 e. The molecular weight excluding hydrogens is 430 g/mol. The Bertz CT molecular complexity index is 1160. The van der Waals surface area contributed by atoms with Gasteiger partial charge in [0.1, 0.15) is 0 Å². The zero-order valence-electron chi connectivity index (χ0n) is 15.1. The minimum Gasteiger partial charge on any atom is -0.328 e. The molecule has 0 aliphatic carbocycles. The Hall–Kier alpha value is -2.71. The SMILES string of the molecule is C[C@@H](c1c[nH]c(=O)c2cc(F)c(F)cc12)N(C)C(=O)Nc1cc(Cl)c(F)c(Cl)c1. The Labute approximate surface area is 173 Å². The lowest BCUT2D eigenvalue weighted by molar-refractivity contribution is 0.208. The minimum absolute atomic E-state index is 0.0424. The van der Waals surface area contributed by atoms with E-state index in [9.17, 15) is 22.8 Å². The van der Waals surface area contributed by atoms with Crippen LogP contribution in [0, 0.1) is 17.5 Å². The van der Waals surface area contributed by atoms with Crippen LogP contribution in [0.15, 0.2) is 35.3 Å². The molecule has 2 N–H and O–H groups in total. The Balaban J connectivity index is 1.93. The molecule has 0 aliphatic heterocycles. The van der Waals surface area contributed by atoms with E-state index in [-0.39, 0.29) is 26.5 Å². The lowest BCUT2D eigenvalue weighted by Gasteiger charge is -2.26. The lowest BCUT2D eigenvalue weighted by atomic mass is 10.0. The van der Waals surface area contributed by atoms with E-state index in [1.165, 1.54) is 30.3 Å². The summed E-state index contributed by atoms with van der Waals surface area (Å²) >= 11 is 11.4. The van der Waals surface area contributed by atoms with Gasteiger partial charge in [-0.05, 0) is 42.1 Å². The van der Waals surface area contributed by atoms with E-state index < -0.39 is 35.1 Å². The molecule has 0 bridgehead atoms. The smallest absolute Gasteiger partial charge is 0.322 e. The van der Waals surface area contributed by atoms with Crippen LogP contribution in [0.2, 0.25) is 10.0 Å². The molecule has 152 valence electrons. The molecule has 3 aromatic rings. The molecule has 0 unspecified atom stereocenters. The number of rotatable bonds is 3. The third-order valence-corrected chi connectivity index (χ3v) is 5.11. The van der Waals surface area contributed by atoms with Crippen LogP contribution in [0.1, 0.15) is 18.5 Å². The van der Waals surface area contributed by atoms with Gasteiger partial charge < -0.3 is 15.2 Å². The van der Waals surface area contributed by atoms with Gasteiger partial charge in [-0.25, -0.2) is 18.0 Å². The average Bonchev–Trinajstić information content (AvgIpc) is 2.66. The second kappa shape index (κ2) is 7.96. The van der Waals surface area contributed by atoms with Crippen LogP contribution in [0.4, 0.5) is 23.7 Å². The van der Waals surface area contributed by atoms with Gasteiger partial charge in [0.25, 0.3) is 5.56 Å². The predicted molar refractivity (Wildman–Crippen MR) is 106 cm³/mol. The van der Waals surface area contributed by atoms with Gasteiger partial charge in [0, 0.05) is 18.9 Å². The fraction of sp³-hybridized carbons (Fsp3) is 0.158. The fourth-order valence-electron chi connectivity index (χ4n) is 2.84. The van der Waals surface area contributed by atoms with Crippen LogP contribution in [0.25, 0.3) is 10.8 Å². The third-order valence-electron chi connectivity index (χ3n) is 4.56. The van der Waals surface area contributed by atoms with Gasteiger partial charge in [0.15, 0.2) is 17.5 Å². The number of anilines is 1. The number of halogens is 5. The van der Waals surface area contributed by atoms with Crippen molar-refractivity contribution >= 4 is 45.7 Å². The summed E-state index contributed by atoms with van der Waals surface area (Å²) in [5.74, 6) is -3.06. The quantitative estimate of drug-likeness (QED) is 0.526. The van der Waals surface area contributed by atoms with Gasteiger partial charge in [0.2, 0.25) is 0 Å². The molecule has 0 saturated carbocycles. The van der Waals surface area contributed by atoms with Crippen molar-refractivity contribution < 1.29 is 18.0 Å². The molecule has 29 heavy (non-hydrogen) atoms. The van der Waals surface area contributed by atoms with Crippen LogP contribution in [0.5, 0.6) is 0 Å². The monoisotopic (exact) mass is 443 g/mol. The number of hydrogen-bond donors (Lipinski definition) is 2. The average molecular weight is 444 g/mol. The van der Waals surface area contributed by atoms with E-state index in [1.807, 2.05) is 0 Å². The predicted octanol–water partition coefficient (Wildman–Crippen LogP) is 5.48. The van der Waals surface area contributed by atoms with Crippen LogP contribution in [0.3, 0.4) is 0 Å². The van der Waals surface area contributed by atoms with Gasteiger partial charge >= 0.3 is 6.03 Å². The number of fused-ring (bicyclic) bond motifs is 1. The molecular formula is C19H14Cl2F3N3O2. The maximum atomic E-state index is 13.7. The summed E-state index contributed by atoms with van der Waals surface area (Å²) in [6.07, 6.45) is 1.34. The summed E-state index contributed by atoms with van der Waals surface area (Å²) < 4.78 is 40.8. The summed E-state index contributed by atoms with van der Waals surface area (Å²) in [6.45, 7) is 1.64. The van der Waals surface area contributed by atoms with Crippen molar-refractivity contribution in [2.24, 2.45) is 0 Å². The Kier molecular flexibility index (Phi) is 5.77. The molecule has 10 heteroatoms. The van der Waals surface area contributed by atoms with Gasteiger partial charge in [0.05, 0.1) is 21.5 Å². The molecule has 0 saturated heterocycles. The number of nitrogens with one attached hydrogen (secondary N) is 2. The van der Waals surface area contributed by atoms with E-state index in [1.54, 1.807) is 6.92 Å². The first-order valence-corrected chi connectivity index (χ1v) is 9.04. The van der Waals surface area contributed by atoms with Crippen LogP contribution < -0.4 is 10.9 Å². The van der Waals surface area contributed by atoms with E-state index in [0.717, 1.165) is 12.1 Å². The topological polar surface area (TPSA) is 65.2 Å². The standard InChI is InChI=1S/C19H14Cl2F3N3O2/c1-8(12-7-25-18(28)11-6-16(23)15(22)5-10(11)12)27(2)19(29)26-9-3-13(20)17(24)14(21)4-9/h3-8H,1-2H3,(H,25,28)(H,26,29)/t8-/m0/s1. The third kappa shape index (κ3) is 4.04. The number of H-pyrrole nitrogens is 1. The first-order valence-electron chi connectivity index (χ1n) is 8.28. The van der Waals surface area contributed by atoms with Crippen molar-refractivity contribution in [1.82, 2.24) is 9.88 Å². The Morgan fingerprint density at radius 3 is 2.21 bits per heavy atom. The molecule has 2 amide bonds. The summed E-state index contributed by atoms with van der Waals surface area (Å²) in [6, 6.07) is 2.88. The summed E-state index contributed by atoms with van der Waals surface area (Å²) in [5.41, 5.74) is -0.0197. The molecule has 5 nitrogen and oxygen atoms in total. The molecule has 1 aromatic heterocycles. The van der Waals surface area contributed by atoms with E-state index in [4.69, 9.17) is 23.2 Å². The molecule has 0 radical (unpaired) electrons. The number of nitrogens with zero attached hydrogens (tertiary/aromatic N) is 1. The molecule has 0 spiro atoms. The zero-order valence-corrected chi connectivity index (χ0v) is 16.6. The van der Waals surface area contributed by atoms with Gasteiger partial charge in [-0.2, -0.15) is 0 Å². The van der Waals surface area contributed by atoms with Crippen LogP contribution in [-0.2, 0) is 0 Å². The minimum atomic E-state index is -1.15. The fourth-order valence-corrected chi connectivity index (χ4v) is 3.33. The summed E-state index contributed by atoms with van der Waals surface area (Å²) in [4.78, 5) is 28.3. The number of carbonyl (C=O) groups excluding carboxylic acids is 1. The number of benzene rings is 2. The van der Waals surface area contributed by atoms with E-state index in [0.29, 0.717) is 5.56 Å². The molecule has 2 aromatic carbocycles. The van der Waals surface area contributed by atoms with Gasteiger partial charge in [-0.1, -0.05) is 23.2 Å². The molecule has 1 atom stereocenters. The highest BCUT2D eigenvalue weighted by atomic mass is 35.5. The molecule has 3 rings (SSSR count). The van der Waals surface area contributed by atoms with E-state index >= 15 is 0 Å². The first-order chi connectivity index (χ1) is 13.6. The maximum absolute atomic E-state index is 13.7. The number of urea groups is 1. The van der Waals surface area contributed by atoms with Crippen molar-refractivity contribution in [1.29, 1.82) is 0 Å². The molecule has 0 aliphatic rings. The second-order valence-corrected chi connectivity index (χ2v) is 7.17. The first kappa shape index (κ1) is 21.0. The van der Waals surface area contributed by atoms with Crippen molar-refractivity contribution in [3.8, 4) is 0 Å².